The van der Waals surface area contributed by atoms with Gasteiger partial charge < -0.3 is 15.1 Å². The van der Waals surface area contributed by atoms with Crippen LogP contribution in [0, 0.1) is 12.7 Å². The molecule has 3 N–H and O–H groups in total. The number of hydrogen-bond acceptors (Lipinski definition) is 4. The number of aryl methyl sites for hydroxylation is 1. The number of aliphatic hydroxyl groups is 1. The van der Waals surface area contributed by atoms with Crippen molar-refractivity contribution in [2.24, 2.45) is 0 Å². The number of aliphatic hydroxyl groups excluding tert-OH is 1. The minimum absolute atomic E-state index is 0.000290. The maximum absolute atomic E-state index is 13.5. The second kappa shape index (κ2) is 7.50. The molecule has 1 aliphatic heterocycles. The zero-order valence-corrected chi connectivity index (χ0v) is 16.4. The molecule has 0 unspecified atom stereocenters. The van der Waals surface area contributed by atoms with Gasteiger partial charge in [-0.2, -0.15) is 5.10 Å². The van der Waals surface area contributed by atoms with Gasteiger partial charge in [-0.3, -0.25) is 9.89 Å². The van der Waals surface area contributed by atoms with Gasteiger partial charge in [-0.15, -0.1) is 0 Å². The Morgan fingerprint density at radius 2 is 2.00 bits per heavy atom. The van der Waals surface area contributed by atoms with Crippen LogP contribution in [0.1, 0.15) is 39.6 Å². The number of carbonyl (C=O) groups excluding carboxylic acids is 1. The first-order valence-electron chi connectivity index (χ1n) is 9.17. The van der Waals surface area contributed by atoms with Gasteiger partial charge in [-0.1, -0.05) is 23.7 Å². The molecule has 8 heteroatoms. The summed E-state index contributed by atoms with van der Waals surface area (Å²) in [5, 5.41) is 27.3. The number of phenolic OH excluding ortho intramolecular Hbond substituents is 1. The van der Waals surface area contributed by atoms with Crippen molar-refractivity contribution in [3.8, 4) is 17.0 Å². The lowest BCUT2D eigenvalue weighted by molar-refractivity contribution is 0.0732. The first-order chi connectivity index (χ1) is 13.9. The summed E-state index contributed by atoms with van der Waals surface area (Å²) >= 11 is 6.25. The monoisotopic (exact) mass is 415 g/mol. The molecule has 0 radical (unpaired) electrons. The van der Waals surface area contributed by atoms with Crippen molar-refractivity contribution in [3.63, 3.8) is 0 Å². The Bertz CT molecular complexity index is 1080. The Morgan fingerprint density at radius 3 is 2.69 bits per heavy atom. The van der Waals surface area contributed by atoms with E-state index in [1.54, 1.807) is 36.1 Å². The average Bonchev–Trinajstić information content (AvgIpc) is 3.23. The van der Waals surface area contributed by atoms with Crippen LogP contribution in [0.4, 0.5) is 4.39 Å². The van der Waals surface area contributed by atoms with Crippen LogP contribution >= 0.6 is 11.6 Å². The van der Waals surface area contributed by atoms with Gasteiger partial charge in [0.2, 0.25) is 0 Å². The molecule has 1 aromatic heterocycles. The molecule has 150 valence electrons. The molecular weight excluding hydrogens is 397 g/mol. The van der Waals surface area contributed by atoms with Crippen LogP contribution in [0.25, 0.3) is 11.3 Å². The highest BCUT2D eigenvalue weighted by Gasteiger charge is 2.42. The summed E-state index contributed by atoms with van der Waals surface area (Å²) in [6.07, 6.45) is 0.401. The summed E-state index contributed by atoms with van der Waals surface area (Å²) in [5.41, 5.74) is 3.14. The minimum atomic E-state index is -0.530. The fraction of sp³-hybridized carbons (Fsp3) is 0.238. The Hall–Kier alpha value is -2.90. The highest BCUT2D eigenvalue weighted by atomic mass is 35.5. The third kappa shape index (κ3) is 3.26. The largest absolute Gasteiger partial charge is 0.507 e. The molecule has 0 bridgehead atoms. The zero-order valence-electron chi connectivity index (χ0n) is 15.6. The number of rotatable bonds is 5. The van der Waals surface area contributed by atoms with Gasteiger partial charge in [-0.05, 0) is 48.7 Å². The van der Waals surface area contributed by atoms with E-state index < -0.39 is 6.04 Å². The second-order valence-electron chi connectivity index (χ2n) is 7.01. The van der Waals surface area contributed by atoms with Gasteiger partial charge in [0.25, 0.3) is 5.91 Å². The smallest absolute Gasteiger partial charge is 0.273 e. The fourth-order valence-corrected chi connectivity index (χ4v) is 3.88. The number of aromatic hydroxyl groups is 1. The molecule has 0 aliphatic carbocycles. The predicted octanol–water partition coefficient (Wildman–Crippen LogP) is 3.81. The number of halogens is 2. The van der Waals surface area contributed by atoms with Crippen molar-refractivity contribution < 1.29 is 19.4 Å². The van der Waals surface area contributed by atoms with Gasteiger partial charge in [0.15, 0.2) is 0 Å². The van der Waals surface area contributed by atoms with E-state index in [1.807, 2.05) is 0 Å². The predicted molar refractivity (Wildman–Crippen MR) is 106 cm³/mol. The standard InChI is InChI=1S/C21H19ClFN3O3/c1-11-9-16(28)14(10-15(11)22)18-17-19(25-24-18)21(29)26(7-2-8-27)20(17)12-3-5-13(23)6-4-12/h3-6,9-10,20,27-28H,2,7-8H2,1H3,(H,24,25)/t20-/m1/s1. The maximum atomic E-state index is 13.5. The number of amides is 1. The summed E-state index contributed by atoms with van der Waals surface area (Å²) in [6, 6.07) is 8.54. The number of aromatic nitrogens is 2. The molecule has 2 heterocycles. The molecule has 0 saturated heterocycles. The molecule has 0 spiro atoms. The topological polar surface area (TPSA) is 89.5 Å². The first-order valence-corrected chi connectivity index (χ1v) is 9.55. The van der Waals surface area contributed by atoms with Crippen LogP contribution in [0.15, 0.2) is 36.4 Å². The second-order valence-corrected chi connectivity index (χ2v) is 7.42. The van der Waals surface area contributed by atoms with Crippen LogP contribution in [-0.2, 0) is 0 Å². The Balaban J connectivity index is 1.89. The highest BCUT2D eigenvalue weighted by Crippen LogP contribution is 2.45. The lowest BCUT2D eigenvalue weighted by atomic mass is 9.95. The summed E-state index contributed by atoms with van der Waals surface area (Å²) in [4.78, 5) is 14.6. The highest BCUT2D eigenvalue weighted by molar-refractivity contribution is 6.31. The molecule has 4 rings (SSSR count). The van der Waals surface area contributed by atoms with Gasteiger partial charge >= 0.3 is 0 Å². The van der Waals surface area contributed by atoms with Crippen LogP contribution in [0.5, 0.6) is 5.75 Å². The van der Waals surface area contributed by atoms with E-state index in [0.29, 0.717) is 46.1 Å². The molecule has 29 heavy (non-hydrogen) atoms. The molecule has 1 aliphatic rings. The van der Waals surface area contributed by atoms with E-state index in [0.717, 1.165) is 5.56 Å². The summed E-state index contributed by atoms with van der Waals surface area (Å²) in [6.45, 7) is 2.04. The van der Waals surface area contributed by atoms with Gasteiger partial charge in [-0.25, -0.2) is 4.39 Å². The van der Waals surface area contributed by atoms with E-state index in [1.165, 1.54) is 12.1 Å². The van der Waals surface area contributed by atoms with Crippen LogP contribution < -0.4 is 0 Å². The normalized spacial score (nSPS) is 15.8. The Labute approximate surface area is 171 Å². The third-order valence-electron chi connectivity index (χ3n) is 5.14. The Morgan fingerprint density at radius 1 is 1.28 bits per heavy atom. The fourth-order valence-electron chi connectivity index (χ4n) is 3.72. The van der Waals surface area contributed by atoms with Crippen molar-refractivity contribution in [3.05, 3.63) is 69.6 Å². The minimum Gasteiger partial charge on any atom is -0.507 e. The molecule has 0 fully saturated rings. The number of H-pyrrole nitrogens is 1. The van der Waals surface area contributed by atoms with Gasteiger partial charge in [0.05, 0.1) is 6.04 Å². The first kappa shape index (κ1) is 19.4. The van der Waals surface area contributed by atoms with E-state index in [-0.39, 0.29) is 24.1 Å². The maximum Gasteiger partial charge on any atom is 0.273 e. The molecular formula is C21H19ClFN3O3. The van der Waals surface area contributed by atoms with E-state index >= 15 is 0 Å². The van der Waals surface area contributed by atoms with E-state index in [9.17, 15) is 19.4 Å². The van der Waals surface area contributed by atoms with Gasteiger partial charge in [0.1, 0.15) is 23.0 Å². The molecule has 1 atom stereocenters. The number of hydrogen-bond donors (Lipinski definition) is 3. The number of benzene rings is 2. The number of nitrogens with one attached hydrogen (secondary N) is 1. The van der Waals surface area contributed by atoms with Crippen molar-refractivity contribution in [1.29, 1.82) is 0 Å². The van der Waals surface area contributed by atoms with Crippen molar-refractivity contribution in [1.82, 2.24) is 15.1 Å². The molecule has 1 amide bonds. The number of carbonyl (C=O) groups is 1. The number of nitrogens with zero attached hydrogens (tertiary/aromatic N) is 2. The lowest BCUT2D eigenvalue weighted by Gasteiger charge is -2.26. The summed E-state index contributed by atoms with van der Waals surface area (Å²) in [5.74, 6) is -0.643. The Kier molecular flexibility index (Phi) is 5.02. The summed E-state index contributed by atoms with van der Waals surface area (Å²) < 4.78 is 13.5. The van der Waals surface area contributed by atoms with Crippen molar-refractivity contribution in [2.75, 3.05) is 13.2 Å². The number of aromatic amines is 1. The molecule has 0 saturated carbocycles. The molecule has 2 aromatic carbocycles. The zero-order chi connectivity index (χ0) is 20.7. The van der Waals surface area contributed by atoms with Gasteiger partial charge in [0, 0.05) is 29.3 Å². The lowest BCUT2D eigenvalue weighted by Crippen LogP contribution is -2.31. The molecule has 6 nitrogen and oxygen atoms in total. The van der Waals surface area contributed by atoms with Crippen LogP contribution in [0.3, 0.4) is 0 Å². The van der Waals surface area contributed by atoms with Crippen LogP contribution in [-0.4, -0.2) is 44.4 Å². The third-order valence-corrected chi connectivity index (χ3v) is 5.55. The van der Waals surface area contributed by atoms with E-state index in [4.69, 9.17) is 11.6 Å². The number of phenols is 1. The molecule has 3 aromatic rings. The van der Waals surface area contributed by atoms with Crippen molar-refractivity contribution in [2.45, 2.75) is 19.4 Å². The summed E-state index contributed by atoms with van der Waals surface area (Å²) in [7, 11) is 0. The number of fused-ring (bicyclic) bond motifs is 1. The van der Waals surface area contributed by atoms with Crippen LogP contribution in [0.2, 0.25) is 5.02 Å². The SMILES string of the molecule is Cc1cc(O)c(-c2n[nH]c3c2[C@@H](c2ccc(F)cc2)N(CCCO)C3=O)cc1Cl. The average molecular weight is 416 g/mol. The van der Waals surface area contributed by atoms with E-state index in [2.05, 4.69) is 10.2 Å². The quantitative estimate of drug-likeness (QED) is 0.591. The van der Waals surface area contributed by atoms with Crippen molar-refractivity contribution >= 4 is 17.5 Å².